The van der Waals surface area contributed by atoms with Gasteiger partial charge in [0.25, 0.3) is 0 Å². The number of hydrogen-bond acceptors (Lipinski definition) is 3. The average Bonchev–Trinajstić information content (AvgIpc) is 2.27. The summed E-state index contributed by atoms with van der Waals surface area (Å²) in [6, 6.07) is 11.1. The first-order valence-electron chi connectivity index (χ1n) is 4.75. The molecule has 0 aliphatic heterocycles. The number of aromatic hydroxyl groups is 1. The standard InChI is InChI=1S/C12H10BrNOS/c1-8-11(13)6-7-12(14-8)16-10-4-2-9(15)3-5-10/h2-7,15H,1H3. The zero-order valence-electron chi connectivity index (χ0n) is 8.64. The molecule has 4 heteroatoms. The predicted molar refractivity (Wildman–Crippen MR) is 68.9 cm³/mol. The normalized spacial score (nSPS) is 10.4. The van der Waals surface area contributed by atoms with Crippen LogP contribution in [0, 0.1) is 6.92 Å². The lowest BCUT2D eigenvalue weighted by Crippen LogP contribution is -1.85. The molecule has 0 saturated carbocycles. The van der Waals surface area contributed by atoms with Crippen molar-refractivity contribution >= 4 is 27.7 Å². The summed E-state index contributed by atoms with van der Waals surface area (Å²) < 4.78 is 1.02. The Morgan fingerprint density at radius 1 is 1.12 bits per heavy atom. The van der Waals surface area contributed by atoms with Gasteiger partial charge < -0.3 is 5.11 Å². The van der Waals surface area contributed by atoms with Crippen LogP contribution in [0.5, 0.6) is 5.75 Å². The van der Waals surface area contributed by atoms with Crippen molar-refractivity contribution in [1.29, 1.82) is 0 Å². The van der Waals surface area contributed by atoms with Crippen LogP contribution in [-0.4, -0.2) is 10.1 Å². The summed E-state index contributed by atoms with van der Waals surface area (Å²) in [6.45, 7) is 1.96. The summed E-state index contributed by atoms with van der Waals surface area (Å²) >= 11 is 5.00. The molecule has 1 aromatic carbocycles. The minimum Gasteiger partial charge on any atom is -0.508 e. The number of rotatable bonds is 2. The van der Waals surface area contributed by atoms with Gasteiger partial charge in [0.15, 0.2) is 0 Å². The maximum Gasteiger partial charge on any atom is 0.115 e. The van der Waals surface area contributed by atoms with Crippen LogP contribution in [-0.2, 0) is 0 Å². The fourth-order valence-corrected chi connectivity index (χ4v) is 2.27. The lowest BCUT2D eigenvalue weighted by Gasteiger charge is -2.03. The van der Waals surface area contributed by atoms with Crippen molar-refractivity contribution in [2.24, 2.45) is 0 Å². The molecule has 0 radical (unpaired) electrons. The van der Waals surface area contributed by atoms with Gasteiger partial charge in [-0.05, 0) is 59.3 Å². The predicted octanol–water partition coefficient (Wildman–Crippen LogP) is 4.01. The van der Waals surface area contributed by atoms with Gasteiger partial charge in [-0.25, -0.2) is 4.98 Å². The molecular weight excluding hydrogens is 286 g/mol. The number of hydrogen-bond donors (Lipinski definition) is 1. The summed E-state index contributed by atoms with van der Waals surface area (Å²) in [4.78, 5) is 5.51. The zero-order valence-corrected chi connectivity index (χ0v) is 11.0. The molecule has 0 bridgehead atoms. The second-order valence-corrected chi connectivity index (χ2v) is 5.26. The molecule has 0 unspecified atom stereocenters. The number of phenolic OH excluding ortho intramolecular Hbond substituents is 1. The second kappa shape index (κ2) is 4.89. The molecule has 0 spiro atoms. The van der Waals surface area contributed by atoms with Crippen molar-refractivity contribution in [3.05, 3.63) is 46.6 Å². The average molecular weight is 296 g/mol. The molecule has 0 aliphatic carbocycles. The molecule has 1 N–H and O–H groups in total. The van der Waals surface area contributed by atoms with E-state index >= 15 is 0 Å². The molecule has 0 saturated heterocycles. The number of phenols is 1. The van der Waals surface area contributed by atoms with Crippen molar-refractivity contribution < 1.29 is 5.11 Å². The van der Waals surface area contributed by atoms with E-state index in [0.717, 1.165) is 20.1 Å². The highest BCUT2D eigenvalue weighted by atomic mass is 79.9. The fraction of sp³-hybridized carbons (Fsp3) is 0.0833. The highest BCUT2D eigenvalue weighted by Crippen LogP contribution is 2.28. The van der Waals surface area contributed by atoms with Crippen LogP contribution in [0.15, 0.2) is 50.8 Å². The Balaban J connectivity index is 2.20. The molecule has 1 aromatic heterocycles. The maximum absolute atomic E-state index is 9.17. The van der Waals surface area contributed by atoms with Crippen LogP contribution >= 0.6 is 27.7 Å². The number of pyridine rings is 1. The van der Waals surface area contributed by atoms with E-state index in [1.165, 1.54) is 0 Å². The van der Waals surface area contributed by atoms with Gasteiger partial charge in [-0.2, -0.15) is 0 Å². The Labute approximate surface area is 107 Å². The fourth-order valence-electron chi connectivity index (χ4n) is 1.21. The summed E-state index contributed by atoms with van der Waals surface area (Å²) in [5.41, 5.74) is 0.976. The Hall–Kier alpha value is -1.00. The molecule has 2 rings (SSSR count). The van der Waals surface area contributed by atoms with Crippen LogP contribution in [0.4, 0.5) is 0 Å². The quantitative estimate of drug-likeness (QED) is 0.909. The largest absolute Gasteiger partial charge is 0.508 e. The van der Waals surface area contributed by atoms with Crippen LogP contribution in [0.2, 0.25) is 0 Å². The van der Waals surface area contributed by atoms with E-state index in [1.807, 2.05) is 31.2 Å². The number of nitrogens with zero attached hydrogens (tertiary/aromatic N) is 1. The molecule has 0 amide bonds. The molecule has 1 heterocycles. The zero-order chi connectivity index (χ0) is 11.5. The summed E-state index contributed by atoms with van der Waals surface area (Å²) in [5.74, 6) is 0.282. The highest BCUT2D eigenvalue weighted by Gasteiger charge is 2.01. The van der Waals surface area contributed by atoms with Gasteiger partial charge in [-0.1, -0.05) is 11.8 Å². The molecule has 0 aliphatic rings. The lowest BCUT2D eigenvalue weighted by atomic mass is 10.3. The molecule has 2 aromatic rings. The van der Waals surface area contributed by atoms with Gasteiger partial charge in [-0.15, -0.1) is 0 Å². The Morgan fingerprint density at radius 2 is 1.81 bits per heavy atom. The smallest absolute Gasteiger partial charge is 0.115 e. The summed E-state index contributed by atoms with van der Waals surface area (Å²) in [5, 5.41) is 10.1. The Bertz CT molecular complexity index is 499. The number of halogens is 1. The Kier molecular flexibility index (Phi) is 3.51. The molecule has 2 nitrogen and oxygen atoms in total. The number of aryl methyl sites for hydroxylation is 1. The monoisotopic (exact) mass is 295 g/mol. The van der Waals surface area contributed by atoms with Gasteiger partial charge in [0.2, 0.25) is 0 Å². The first kappa shape index (κ1) is 11.5. The van der Waals surface area contributed by atoms with Crippen molar-refractivity contribution in [2.75, 3.05) is 0 Å². The van der Waals surface area contributed by atoms with Crippen LogP contribution in [0.1, 0.15) is 5.69 Å². The third-order valence-corrected chi connectivity index (χ3v) is 3.84. The van der Waals surface area contributed by atoms with E-state index in [4.69, 9.17) is 0 Å². The van der Waals surface area contributed by atoms with Crippen LogP contribution in [0.25, 0.3) is 0 Å². The van der Waals surface area contributed by atoms with E-state index in [1.54, 1.807) is 23.9 Å². The maximum atomic E-state index is 9.17. The van der Waals surface area contributed by atoms with E-state index in [-0.39, 0.29) is 5.75 Å². The molecule has 82 valence electrons. The van der Waals surface area contributed by atoms with E-state index in [9.17, 15) is 5.11 Å². The summed E-state index contributed by atoms with van der Waals surface area (Å²) in [7, 11) is 0. The van der Waals surface area contributed by atoms with E-state index in [2.05, 4.69) is 20.9 Å². The van der Waals surface area contributed by atoms with Gasteiger partial charge >= 0.3 is 0 Å². The first-order valence-corrected chi connectivity index (χ1v) is 6.36. The highest BCUT2D eigenvalue weighted by molar-refractivity contribution is 9.10. The lowest BCUT2D eigenvalue weighted by molar-refractivity contribution is 0.475. The minimum atomic E-state index is 0.282. The van der Waals surface area contributed by atoms with E-state index < -0.39 is 0 Å². The first-order chi connectivity index (χ1) is 7.65. The third-order valence-electron chi connectivity index (χ3n) is 2.05. The van der Waals surface area contributed by atoms with Gasteiger partial charge in [0, 0.05) is 9.37 Å². The minimum absolute atomic E-state index is 0.282. The van der Waals surface area contributed by atoms with Crippen LogP contribution in [0.3, 0.4) is 0 Å². The van der Waals surface area contributed by atoms with Gasteiger partial charge in [0.05, 0.1) is 5.69 Å². The second-order valence-electron chi connectivity index (χ2n) is 3.31. The third kappa shape index (κ3) is 2.77. The van der Waals surface area contributed by atoms with Gasteiger partial charge in [-0.3, -0.25) is 0 Å². The topological polar surface area (TPSA) is 33.1 Å². The molecule has 0 fully saturated rings. The van der Waals surface area contributed by atoms with Crippen molar-refractivity contribution in [3.8, 4) is 5.75 Å². The van der Waals surface area contributed by atoms with Crippen molar-refractivity contribution in [3.63, 3.8) is 0 Å². The van der Waals surface area contributed by atoms with E-state index in [0.29, 0.717) is 0 Å². The molecular formula is C12H10BrNOS. The Morgan fingerprint density at radius 3 is 2.44 bits per heavy atom. The SMILES string of the molecule is Cc1nc(Sc2ccc(O)cc2)ccc1Br. The van der Waals surface area contributed by atoms with Crippen LogP contribution < -0.4 is 0 Å². The number of aromatic nitrogens is 1. The molecule has 16 heavy (non-hydrogen) atoms. The molecule has 0 atom stereocenters. The van der Waals surface area contributed by atoms with Crippen molar-refractivity contribution in [2.45, 2.75) is 16.8 Å². The van der Waals surface area contributed by atoms with Gasteiger partial charge in [0.1, 0.15) is 10.8 Å². The summed E-state index contributed by atoms with van der Waals surface area (Å²) in [6.07, 6.45) is 0. The van der Waals surface area contributed by atoms with Crippen molar-refractivity contribution in [1.82, 2.24) is 4.98 Å². The number of benzene rings is 1.